The molecule has 8 aromatic carbocycles. The molecule has 0 aliphatic heterocycles. The van der Waals surface area contributed by atoms with Gasteiger partial charge in [-0.25, -0.2) is 9.97 Å². The van der Waals surface area contributed by atoms with E-state index < -0.39 is 0 Å². The van der Waals surface area contributed by atoms with Crippen LogP contribution >= 0.6 is 0 Å². The first-order valence-electron chi connectivity index (χ1n) is 17.2. The van der Waals surface area contributed by atoms with Gasteiger partial charge in [-0.15, -0.1) is 0 Å². The van der Waals surface area contributed by atoms with Gasteiger partial charge < -0.3 is 4.42 Å². The molecule has 238 valence electrons. The second-order valence-electron chi connectivity index (χ2n) is 13.0. The van der Waals surface area contributed by atoms with Gasteiger partial charge in [-0.2, -0.15) is 0 Å². The topological polar surface area (TPSA) is 48.8 Å². The number of imidazole rings is 2. The Labute approximate surface area is 292 Å². The van der Waals surface area contributed by atoms with E-state index in [1.54, 1.807) is 0 Å². The zero-order valence-electron chi connectivity index (χ0n) is 27.4. The van der Waals surface area contributed by atoms with Gasteiger partial charge >= 0.3 is 0 Å². The highest BCUT2D eigenvalue weighted by Gasteiger charge is 2.22. The van der Waals surface area contributed by atoms with Crippen molar-refractivity contribution < 1.29 is 4.42 Å². The maximum absolute atomic E-state index is 6.92. The zero-order valence-corrected chi connectivity index (χ0v) is 27.4. The summed E-state index contributed by atoms with van der Waals surface area (Å²) < 4.78 is 11.4. The smallest absolute Gasteiger partial charge is 0.146 e. The summed E-state index contributed by atoms with van der Waals surface area (Å²) in [5.74, 6) is 1.79. The van der Waals surface area contributed by atoms with Crippen LogP contribution in [0.2, 0.25) is 0 Å². The molecule has 3 aromatic heterocycles. The summed E-state index contributed by atoms with van der Waals surface area (Å²) in [7, 11) is 0. The fourth-order valence-electron chi connectivity index (χ4n) is 7.97. The third-order valence-electron chi connectivity index (χ3n) is 10.1. The first-order valence-corrected chi connectivity index (χ1v) is 17.2. The lowest BCUT2D eigenvalue weighted by atomic mass is 9.95. The number of aromatic nitrogens is 4. The normalized spacial score (nSPS) is 11.9. The molecule has 0 aliphatic carbocycles. The molecule has 0 bridgehead atoms. The van der Waals surface area contributed by atoms with Crippen LogP contribution in [0.15, 0.2) is 174 Å². The second kappa shape index (κ2) is 10.8. The molecule has 0 atom stereocenters. The van der Waals surface area contributed by atoms with E-state index in [0.717, 1.165) is 99.7 Å². The van der Waals surface area contributed by atoms with E-state index in [9.17, 15) is 0 Å². The molecule has 0 N–H and O–H groups in total. The van der Waals surface area contributed by atoms with E-state index >= 15 is 0 Å². The SMILES string of the molecule is c1ccc(-n2c(-c3ccc4oc5ccc(-c6nc7ccccc7n6-c6ccccc6)c6cccc(c7cccc3c47)c56)nc3ccccc32)cc1. The van der Waals surface area contributed by atoms with E-state index in [4.69, 9.17) is 14.4 Å². The van der Waals surface area contributed by atoms with Crippen molar-refractivity contribution in [3.8, 4) is 34.2 Å². The number of benzene rings is 8. The first kappa shape index (κ1) is 27.9. The predicted molar refractivity (Wildman–Crippen MR) is 209 cm³/mol. The quantitative estimate of drug-likeness (QED) is 0.190. The van der Waals surface area contributed by atoms with Crippen molar-refractivity contribution in [2.75, 3.05) is 0 Å². The number of nitrogens with zero attached hydrogens (tertiary/aromatic N) is 4. The number of hydrogen-bond donors (Lipinski definition) is 0. The highest BCUT2D eigenvalue weighted by atomic mass is 16.3. The van der Waals surface area contributed by atoms with E-state index in [0.29, 0.717) is 0 Å². The monoisotopic (exact) mass is 652 g/mol. The van der Waals surface area contributed by atoms with Crippen LogP contribution in [0.3, 0.4) is 0 Å². The molecule has 0 amide bonds. The summed E-state index contributed by atoms with van der Waals surface area (Å²) >= 11 is 0. The standard InChI is InChI=1S/C46H28N4O/c1-3-13-29(14-4-1)49-39-23-9-7-21-37(39)47-45(49)35-25-27-41-43-31(17-11-19-33(35)43)32-18-12-20-34-36(26-28-42(51-41)44(32)34)46-48-38-22-8-10-24-40(38)50(46)30-15-5-2-6-16-30/h1-28H. The molecular weight excluding hydrogens is 625 g/mol. The summed E-state index contributed by atoms with van der Waals surface area (Å²) in [6, 6.07) is 59.3. The summed E-state index contributed by atoms with van der Waals surface area (Å²) in [5, 5.41) is 6.59. The van der Waals surface area contributed by atoms with Crippen LogP contribution in [0.1, 0.15) is 0 Å². The first-order chi connectivity index (χ1) is 25.3. The Morgan fingerprint density at radius 3 is 1.24 bits per heavy atom. The van der Waals surface area contributed by atoms with Gasteiger partial charge in [-0.3, -0.25) is 9.13 Å². The zero-order chi connectivity index (χ0) is 33.5. The van der Waals surface area contributed by atoms with Gasteiger partial charge in [0.15, 0.2) is 0 Å². The van der Waals surface area contributed by atoms with Crippen LogP contribution < -0.4 is 0 Å². The van der Waals surface area contributed by atoms with Crippen molar-refractivity contribution in [2.45, 2.75) is 0 Å². The molecule has 0 saturated carbocycles. The van der Waals surface area contributed by atoms with Gasteiger partial charge in [0, 0.05) is 33.3 Å². The molecule has 0 unspecified atom stereocenters. The Kier molecular flexibility index (Phi) is 5.89. The summed E-state index contributed by atoms with van der Waals surface area (Å²) in [5.41, 5.74) is 9.94. The highest BCUT2D eigenvalue weighted by Crippen LogP contribution is 2.43. The van der Waals surface area contributed by atoms with Crippen LogP contribution in [0.5, 0.6) is 0 Å². The lowest BCUT2D eigenvalue weighted by Crippen LogP contribution is -1.98. The Morgan fingerprint density at radius 1 is 0.353 bits per heavy atom. The van der Waals surface area contributed by atoms with Crippen molar-refractivity contribution in [3.05, 3.63) is 170 Å². The van der Waals surface area contributed by atoms with Gasteiger partial charge in [0.1, 0.15) is 22.8 Å². The summed E-state index contributed by atoms with van der Waals surface area (Å²) in [6.45, 7) is 0. The molecule has 0 aliphatic rings. The number of rotatable bonds is 4. The molecule has 0 spiro atoms. The van der Waals surface area contributed by atoms with Gasteiger partial charge in [-0.1, -0.05) is 97.1 Å². The Morgan fingerprint density at radius 2 is 0.765 bits per heavy atom. The van der Waals surface area contributed by atoms with E-state index in [1.165, 1.54) is 0 Å². The minimum Gasteiger partial charge on any atom is -0.456 e. The fraction of sp³-hybridized carbons (Fsp3) is 0. The number of para-hydroxylation sites is 6. The molecule has 51 heavy (non-hydrogen) atoms. The summed E-state index contributed by atoms with van der Waals surface area (Å²) in [6.07, 6.45) is 0. The van der Waals surface area contributed by atoms with Crippen molar-refractivity contribution in [1.29, 1.82) is 0 Å². The van der Waals surface area contributed by atoms with E-state index in [1.807, 2.05) is 24.3 Å². The average Bonchev–Trinajstić information content (AvgIpc) is 3.73. The summed E-state index contributed by atoms with van der Waals surface area (Å²) in [4.78, 5) is 10.4. The molecule has 0 saturated heterocycles. The average molecular weight is 653 g/mol. The van der Waals surface area contributed by atoms with Crippen LogP contribution in [-0.4, -0.2) is 19.1 Å². The maximum atomic E-state index is 6.92. The van der Waals surface area contributed by atoms with Crippen molar-refractivity contribution in [3.63, 3.8) is 0 Å². The largest absolute Gasteiger partial charge is 0.456 e. The number of hydrogen-bond acceptors (Lipinski definition) is 3. The number of fused-ring (bicyclic) bond motifs is 3. The van der Waals surface area contributed by atoms with Crippen LogP contribution in [-0.2, 0) is 0 Å². The maximum Gasteiger partial charge on any atom is 0.146 e. The molecule has 0 radical (unpaired) electrons. The third-order valence-corrected chi connectivity index (χ3v) is 10.1. The van der Waals surface area contributed by atoms with Crippen LogP contribution in [0.4, 0.5) is 0 Å². The van der Waals surface area contributed by atoms with Crippen molar-refractivity contribution >= 4 is 65.6 Å². The highest BCUT2D eigenvalue weighted by molar-refractivity contribution is 6.26. The fourth-order valence-corrected chi connectivity index (χ4v) is 7.97. The molecule has 5 heteroatoms. The molecule has 5 nitrogen and oxygen atoms in total. The second-order valence-corrected chi connectivity index (χ2v) is 13.0. The van der Waals surface area contributed by atoms with Crippen LogP contribution in [0, 0.1) is 0 Å². The Hall–Kier alpha value is -6.98. The molecular formula is C46H28N4O. The molecule has 11 rings (SSSR count). The van der Waals surface area contributed by atoms with Gasteiger partial charge in [-0.05, 0) is 94.3 Å². The van der Waals surface area contributed by atoms with Crippen molar-refractivity contribution in [2.24, 2.45) is 0 Å². The van der Waals surface area contributed by atoms with Gasteiger partial charge in [0.2, 0.25) is 0 Å². The minimum absolute atomic E-state index is 0.827. The Balaban J connectivity index is 1.22. The molecule has 0 fully saturated rings. The lowest BCUT2D eigenvalue weighted by Gasteiger charge is -2.13. The van der Waals surface area contributed by atoms with Crippen LogP contribution in [0.25, 0.3) is 99.7 Å². The van der Waals surface area contributed by atoms with E-state index in [-0.39, 0.29) is 0 Å². The third kappa shape index (κ3) is 4.09. The minimum atomic E-state index is 0.827. The molecule has 3 heterocycles. The van der Waals surface area contributed by atoms with Gasteiger partial charge in [0.05, 0.1) is 22.1 Å². The molecule has 11 aromatic rings. The van der Waals surface area contributed by atoms with Crippen molar-refractivity contribution in [1.82, 2.24) is 19.1 Å². The van der Waals surface area contributed by atoms with E-state index in [2.05, 4.69) is 155 Å². The van der Waals surface area contributed by atoms with Gasteiger partial charge in [0.25, 0.3) is 0 Å². The lowest BCUT2D eigenvalue weighted by molar-refractivity contribution is 0.664. The Bertz CT molecular complexity index is 2920. The predicted octanol–water partition coefficient (Wildman–Crippen LogP) is 11.9.